The molecule has 0 atom stereocenters. The van der Waals surface area contributed by atoms with E-state index < -0.39 is 11.7 Å². The van der Waals surface area contributed by atoms with Crippen LogP contribution in [0.5, 0.6) is 0 Å². The Morgan fingerprint density at radius 2 is 2.00 bits per heavy atom. The number of alkyl halides is 3. The monoisotopic (exact) mass is 300 g/mol. The van der Waals surface area contributed by atoms with Crippen LogP contribution in [0.2, 0.25) is 0 Å². The summed E-state index contributed by atoms with van der Waals surface area (Å²) in [5, 5.41) is 3.06. The number of anilines is 1. The van der Waals surface area contributed by atoms with Crippen LogP contribution in [0, 0.1) is 5.41 Å². The van der Waals surface area contributed by atoms with Crippen molar-refractivity contribution in [3.8, 4) is 0 Å². The van der Waals surface area contributed by atoms with Crippen molar-refractivity contribution in [3.05, 3.63) is 29.3 Å². The molecule has 0 radical (unpaired) electrons. The van der Waals surface area contributed by atoms with Crippen molar-refractivity contribution >= 4 is 5.69 Å². The van der Waals surface area contributed by atoms with Crippen LogP contribution in [0.3, 0.4) is 0 Å². The van der Waals surface area contributed by atoms with Gasteiger partial charge in [-0.05, 0) is 36.1 Å². The average molecular weight is 300 g/mol. The van der Waals surface area contributed by atoms with Crippen molar-refractivity contribution in [2.75, 3.05) is 24.5 Å². The fourth-order valence-electron chi connectivity index (χ4n) is 2.78. The summed E-state index contributed by atoms with van der Waals surface area (Å²) in [6.45, 7) is 8.69. The minimum Gasteiger partial charge on any atom is -0.370 e. The first-order chi connectivity index (χ1) is 9.73. The second kappa shape index (κ2) is 5.87. The van der Waals surface area contributed by atoms with Crippen molar-refractivity contribution in [1.82, 2.24) is 5.32 Å². The van der Waals surface area contributed by atoms with E-state index in [1.807, 2.05) is 11.8 Å². The lowest BCUT2D eigenvalue weighted by Gasteiger charge is -2.25. The molecule has 1 saturated heterocycles. The topological polar surface area (TPSA) is 15.3 Å². The van der Waals surface area contributed by atoms with Crippen LogP contribution in [0.15, 0.2) is 18.2 Å². The average Bonchev–Trinajstić information content (AvgIpc) is 2.75. The lowest BCUT2D eigenvalue weighted by Crippen LogP contribution is -2.25. The Bertz CT molecular complexity index is 495. The molecule has 0 aromatic heterocycles. The molecule has 118 valence electrons. The highest BCUT2D eigenvalue weighted by Crippen LogP contribution is 2.41. The first-order valence-corrected chi connectivity index (χ1v) is 7.39. The van der Waals surface area contributed by atoms with Crippen LogP contribution in [-0.2, 0) is 12.7 Å². The van der Waals surface area contributed by atoms with Crippen LogP contribution in [-0.4, -0.2) is 19.6 Å². The molecule has 0 saturated carbocycles. The zero-order valence-electron chi connectivity index (χ0n) is 12.8. The van der Waals surface area contributed by atoms with Gasteiger partial charge in [-0.1, -0.05) is 26.8 Å². The molecule has 0 amide bonds. The van der Waals surface area contributed by atoms with Gasteiger partial charge >= 0.3 is 6.18 Å². The first kappa shape index (κ1) is 16.1. The second-order valence-corrected chi connectivity index (χ2v) is 6.47. The third kappa shape index (κ3) is 3.90. The van der Waals surface area contributed by atoms with Crippen LogP contribution >= 0.6 is 0 Å². The molecule has 1 fully saturated rings. The van der Waals surface area contributed by atoms with Crippen LogP contribution in [0.25, 0.3) is 0 Å². The Morgan fingerprint density at radius 3 is 2.52 bits per heavy atom. The third-order valence-electron chi connectivity index (χ3n) is 3.96. The highest BCUT2D eigenvalue weighted by Gasteiger charge is 2.38. The van der Waals surface area contributed by atoms with Crippen molar-refractivity contribution in [3.63, 3.8) is 0 Å². The molecule has 1 aromatic carbocycles. The minimum absolute atomic E-state index is 0.0747. The Labute approximate surface area is 124 Å². The van der Waals surface area contributed by atoms with E-state index in [0.717, 1.165) is 13.0 Å². The molecule has 1 N–H and O–H groups in total. The number of hydrogen-bond acceptors (Lipinski definition) is 2. The lowest BCUT2D eigenvalue weighted by molar-refractivity contribution is -0.137. The van der Waals surface area contributed by atoms with E-state index in [1.165, 1.54) is 6.07 Å². The molecule has 2 rings (SSSR count). The Hall–Kier alpha value is -1.23. The molecule has 5 heteroatoms. The zero-order chi connectivity index (χ0) is 15.7. The molecule has 0 spiro atoms. The minimum atomic E-state index is -4.32. The molecule has 1 aliphatic heterocycles. The van der Waals surface area contributed by atoms with Crippen molar-refractivity contribution in [1.29, 1.82) is 0 Å². The summed E-state index contributed by atoms with van der Waals surface area (Å²) in [4.78, 5) is 1.86. The summed E-state index contributed by atoms with van der Waals surface area (Å²) in [5.41, 5.74) is 0.543. The van der Waals surface area contributed by atoms with Gasteiger partial charge < -0.3 is 10.2 Å². The molecular weight excluding hydrogens is 277 g/mol. The van der Waals surface area contributed by atoms with Crippen LogP contribution < -0.4 is 10.2 Å². The standard InChI is InChI=1S/C16H23F3N2/c1-4-20-10-12-5-6-14(13(9-12)16(17,18)19)21-8-7-15(2,3)11-21/h5-6,9,20H,4,7-8,10-11H2,1-3H3. The fraction of sp³-hybridized carbons (Fsp3) is 0.625. The molecule has 1 aliphatic rings. The number of halogens is 3. The number of nitrogens with zero attached hydrogens (tertiary/aromatic N) is 1. The second-order valence-electron chi connectivity index (χ2n) is 6.47. The first-order valence-electron chi connectivity index (χ1n) is 7.39. The van der Waals surface area contributed by atoms with Crippen molar-refractivity contribution in [2.24, 2.45) is 5.41 Å². The summed E-state index contributed by atoms with van der Waals surface area (Å²) >= 11 is 0. The highest BCUT2D eigenvalue weighted by molar-refractivity contribution is 5.57. The normalized spacial score (nSPS) is 18.3. The lowest BCUT2D eigenvalue weighted by atomic mass is 9.93. The summed E-state index contributed by atoms with van der Waals surface area (Å²) in [7, 11) is 0. The zero-order valence-corrected chi connectivity index (χ0v) is 12.8. The smallest absolute Gasteiger partial charge is 0.370 e. The van der Waals surface area contributed by atoms with E-state index in [-0.39, 0.29) is 5.41 Å². The van der Waals surface area contributed by atoms with Gasteiger partial charge in [0.2, 0.25) is 0 Å². The van der Waals surface area contributed by atoms with Gasteiger partial charge in [-0.15, -0.1) is 0 Å². The predicted molar refractivity (Wildman–Crippen MR) is 79.4 cm³/mol. The quantitative estimate of drug-likeness (QED) is 0.902. The van der Waals surface area contributed by atoms with Crippen LogP contribution in [0.4, 0.5) is 18.9 Å². The third-order valence-corrected chi connectivity index (χ3v) is 3.96. The number of rotatable bonds is 4. The van der Waals surface area contributed by atoms with Gasteiger partial charge in [-0.2, -0.15) is 13.2 Å². The van der Waals surface area contributed by atoms with Gasteiger partial charge in [-0.3, -0.25) is 0 Å². The van der Waals surface area contributed by atoms with Gasteiger partial charge in [0.25, 0.3) is 0 Å². The number of benzene rings is 1. The molecular formula is C16H23F3N2. The summed E-state index contributed by atoms with van der Waals surface area (Å²) in [6.07, 6.45) is -3.40. The maximum absolute atomic E-state index is 13.3. The Kier molecular flexibility index (Phi) is 4.51. The highest BCUT2D eigenvalue weighted by atomic mass is 19.4. The van der Waals surface area contributed by atoms with Gasteiger partial charge in [-0.25, -0.2) is 0 Å². The van der Waals surface area contributed by atoms with E-state index in [0.29, 0.717) is 30.9 Å². The largest absolute Gasteiger partial charge is 0.418 e. The molecule has 1 aromatic rings. The maximum atomic E-state index is 13.3. The summed E-state index contributed by atoms with van der Waals surface area (Å²) in [6, 6.07) is 4.69. The predicted octanol–water partition coefficient (Wildman–Crippen LogP) is 4.05. The fourth-order valence-corrected chi connectivity index (χ4v) is 2.78. The Morgan fingerprint density at radius 1 is 1.29 bits per heavy atom. The molecule has 0 unspecified atom stereocenters. The summed E-state index contributed by atoms with van der Waals surface area (Å²) < 4.78 is 40.0. The van der Waals surface area contributed by atoms with Crippen molar-refractivity contribution in [2.45, 2.75) is 39.9 Å². The molecule has 1 heterocycles. The number of hydrogen-bond donors (Lipinski definition) is 1. The molecule has 0 aliphatic carbocycles. The van der Waals surface area contributed by atoms with Gasteiger partial charge in [0.05, 0.1) is 5.56 Å². The number of nitrogens with one attached hydrogen (secondary N) is 1. The van der Waals surface area contributed by atoms with E-state index in [9.17, 15) is 13.2 Å². The Balaban J connectivity index is 2.32. The van der Waals surface area contributed by atoms with Gasteiger partial charge in [0.1, 0.15) is 0 Å². The van der Waals surface area contributed by atoms with E-state index >= 15 is 0 Å². The molecule has 21 heavy (non-hydrogen) atoms. The molecule has 2 nitrogen and oxygen atoms in total. The van der Waals surface area contributed by atoms with E-state index in [4.69, 9.17) is 0 Å². The van der Waals surface area contributed by atoms with E-state index in [2.05, 4.69) is 19.2 Å². The van der Waals surface area contributed by atoms with Gasteiger partial charge in [0.15, 0.2) is 0 Å². The maximum Gasteiger partial charge on any atom is 0.418 e. The summed E-state index contributed by atoms with van der Waals surface area (Å²) in [5.74, 6) is 0. The SMILES string of the molecule is CCNCc1ccc(N2CCC(C)(C)C2)c(C(F)(F)F)c1. The van der Waals surface area contributed by atoms with Gasteiger partial charge in [0, 0.05) is 25.3 Å². The van der Waals surface area contributed by atoms with E-state index in [1.54, 1.807) is 12.1 Å². The van der Waals surface area contributed by atoms with Crippen molar-refractivity contribution < 1.29 is 13.2 Å². The molecule has 0 bridgehead atoms. The van der Waals surface area contributed by atoms with Crippen LogP contribution in [0.1, 0.15) is 38.3 Å².